The number of carbonyl (C=O) groups is 1. The van der Waals surface area contributed by atoms with Crippen molar-refractivity contribution >= 4 is 17.3 Å². The molecule has 1 aliphatic heterocycles. The van der Waals surface area contributed by atoms with Gasteiger partial charge in [-0.1, -0.05) is 12.1 Å². The van der Waals surface area contributed by atoms with Crippen LogP contribution >= 0.6 is 0 Å². The number of ether oxygens (including phenoxy) is 1. The lowest BCUT2D eigenvalue weighted by Gasteiger charge is -2.26. The van der Waals surface area contributed by atoms with Gasteiger partial charge < -0.3 is 14.7 Å². The maximum Gasteiger partial charge on any atom is 0.326 e. The van der Waals surface area contributed by atoms with Crippen molar-refractivity contribution in [1.82, 2.24) is 0 Å². The molecule has 25 heavy (non-hydrogen) atoms. The van der Waals surface area contributed by atoms with Gasteiger partial charge in [-0.2, -0.15) is 0 Å². The van der Waals surface area contributed by atoms with E-state index in [1.807, 2.05) is 24.3 Å². The minimum Gasteiger partial charge on any atom is -0.497 e. The minimum atomic E-state index is -0.906. The number of nitro benzene ring substituents is 1. The van der Waals surface area contributed by atoms with Crippen LogP contribution in [0.3, 0.4) is 0 Å². The second-order valence-electron chi connectivity index (χ2n) is 5.92. The molecule has 0 unspecified atom stereocenters. The average molecular weight is 342 g/mol. The van der Waals surface area contributed by atoms with Gasteiger partial charge in [0.25, 0.3) is 5.69 Å². The first-order valence-corrected chi connectivity index (χ1v) is 7.89. The Morgan fingerprint density at radius 2 is 1.84 bits per heavy atom. The lowest BCUT2D eigenvalue weighted by molar-refractivity contribution is -0.384. The molecule has 0 aliphatic carbocycles. The van der Waals surface area contributed by atoms with Crippen LogP contribution in [-0.4, -0.2) is 35.7 Å². The third-order valence-corrected chi connectivity index (χ3v) is 4.59. The molecule has 1 N–H and O–H groups in total. The van der Waals surface area contributed by atoms with Crippen molar-refractivity contribution in [2.24, 2.45) is 0 Å². The Morgan fingerprint density at radius 1 is 1.20 bits per heavy atom. The molecule has 3 rings (SSSR count). The van der Waals surface area contributed by atoms with Crippen molar-refractivity contribution in [2.75, 3.05) is 18.6 Å². The van der Waals surface area contributed by atoms with E-state index in [4.69, 9.17) is 4.74 Å². The molecule has 0 aromatic heterocycles. The number of carboxylic acid groups (broad SMARTS) is 1. The number of anilines is 1. The smallest absolute Gasteiger partial charge is 0.326 e. The third kappa shape index (κ3) is 3.26. The van der Waals surface area contributed by atoms with Crippen molar-refractivity contribution in [1.29, 1.82) is 0 Å². The highest BCUT2D eigenvalue weighted by atomic mass is 16.6. The highest BCUT2D eigenvalue weighted by molar-refractivity contribution is 5.81. The quantitative estimate of drug-likeness (QED) is 0.663. The summed E-state index contributed by atoms with van der Waals surface area (Å²) in [4.78, 5) is 24.0. The number of methoxy groups -OCH3 is 1. The van der Waals surface area contributed by atoms with E-state index in [9.17, 15) is 20.0 Å². The molecule has 7 nitrogen and oxygen atoms in total. The molecule has 0 radical (unpaired) electrons. The SMILES string of the molecule is COc1ccc([C@H]2CCN(c3ccc([N+](=O)[O-])cc3)[C@H]2C(=O)O)cc1. The number of aliphatic carboxylic acids is 1. The predicted molar refractivity (Wildman–Crippen MR) is 92.2 cm³/mol. The molecular weight excluding hydrogens is 324 g/mol. The second kappa shape index (κ2) is 6.80. The number of nitro groups is 1. The summed E-state index contributed by atoms with van der Waals surface area (Å²) in [6.07, 6.45) is 0.695. The van der Waals surface area contributed by atoms with Gasteiger partial charge in [0, 0.05) is 30.3 Å². The molecule has 1 fully saturated rings. The van der Waals surface area contributed by atoms with Crippen molar-refractivity contribution < 1.29 is 19.6 Å². The van der Waals surface area contributed by atoms with Gasteiger partial charge in [0.2, 0.25) is 0 Å². The highest BCUT2D eigenvalue weighted by Gasteiger charge is 2.40. The van der Waals surface area contributed by atoms with Gasteiger partial charge in [0.15, 0.2) is 0 Å². The summed E-state index contributed by atoms with van der Waals surface area (Å²) in [5, 5.41) is 20.5. The van der Waals surface area contributed by atoms with Crippen LogP contribution in [0.2, 0.25) is 0 Å². The Balaban J connectivity index is 1.88. The number of non-ortho nitro benzene ring substituents is 1. The number of carboxylic acids is 1. The summed E-state index contributed by atoms with van der Waals surface area (Å²) in [5.41, 5.74) is 1.60. The van der Waals surface area contributed by atoms with E-state index in [0.717, 1.165) is 11.3 Å². The maximum atomic E-state index is 11.9. The van der Waals surface area contributed by atoms with Gasteiger partial charge in [0.05, 0.1) is 12.0 Å². The summed E-state index contributed by atoms with van der Waals surface area (Å²) in [7, 11) is 1.58. The van der Waals surface area contributed by atoms with E-state index < -0.39 is 16.9 Å². The fourth-order valence-corrected chi connectivity index (χ4v) is 3.35. The largest absolute Gasteiger partial charge is 0.497 e. The fourth-order valence-electron chi connectivity index (χ4n) is 3.35. The zero-order valence-corrected chi connectivity index (χ0v) is 13.7. The van der Waals surface area contributed by atoms with Gasteiger partial charge in [-0.3, -0.25) is 10.1 Å². The third-order valence-electron chi connectivity index (χ3n) is 4.59. The molecule has 0 spiro atoms. The lowest BCUT2D eigenvalue weighted by atomic mass is 9.91. The van der Waals surface area contributed by atoms with Crippen LogP contribution in [0.1, 0.15) is 17.9 Å². The van der Waals surface area contributed by atoms with Crippen molar-refractivity contribution in [3.63, 3.8) is 0 Å². The molecule has 1 saturated heterocycles. The van der Waals surface area contributed by atoms with Crippen LogP contribution in [0.4, 0.5) is 11.4 Å². The number of nitrogens with zero attached hydrogens (tertiary/aromatic N) is 2. The molecular formula is C18H18N2O5. The second-order valence-corrected chi connectivity index (χ2v) is 5.92. The molecule has 130 valence electrons. The predicted octanol–water partition coefficient (Wildman–Crippen LogP) is 3.05. The van der Waals surface area contributed by atoms with E-state index >= 15 is 0 Å². The van der Waals surface area contributed by atoms with Gasteiger partial charge in [0.1, 0.15) is 11.8 Å². The molecule has 2 aromatic carbocycles. The highest BCUT2D eigenvalue weighted by Crippen LogP contribution is 2.37. The van der Waals surface area contributed by atoms with Gasteiger partial charge in [-0.15, -0.1) is 0 Å². The molecule has 0 bridgehead atoms. The molecule has 0 amide bonds. The summed E-state index contributed by atoms with van der Waals surface area (Å²) < 4.78 is 5.15. The van der Waals surface area contributed by atoms with Crippen LogP contribution in [0.15, 0.2) is 48.5 Å². The fraction of sp³-hybridized carbons (Fsp3) is 0.278. The normalized spacial score (nSPS) is 19.6. The van der Waals surface area contributed by atoms with Crippen molar-refractivity contribution in [3.8, 4) is 5.75 Å². The first-order chi connectivity index (χ1) is 12.0. The number of rotatable bonds is 5. The van der Waals surface area contributed by atoms with Crippen molar-refractivity contribution in [3.05, 3.63) is 64.2 Å². The maximum absolute atomic E-state index is 11.9. The zero-order valence-electron chi connectivity index (χ0n) is 13.7. The zero-order chi connectivity index (χ0) is 18.0. The Morgan fingerprint density at radius 3 is 2.36 bits per heavy atom. The van der Waals surface area contributed by atoms with Gasteiger partial charge >= 0.3 is 5.97 Å². The van der Waals surface area contributed by atoms with Crippen molar-refractivity contribution in [2.45, 2.75) is 18.4 Å². The van der Waals surface area contributed by atoms with E-state index in [2.05, 4.69) is 0 Å². The van der Waals surface area contributed by atoms with E-state index in [1.54, 1.807) is 24.1 Å². The first kappa shape index (κ1) is 16.8. The lowest BCUT2D eigenvalue weighted by Crippen LogP contribution is -2.39. The monoisotopic (exact) mass is 342 g/mol. The Kier molecular flexibility index (Phi) is 4.56. The van der Waals surface area contributed by atoms with Crippen LogP contribution in [0, 0.1) is 10.1 Å². The molecule has 1 aliphatic rings. The van der Waals surface area contributed by atoms with E-state index in [-0.39, 0.29) is 11.6 Å². The molecule has 0 saturated carbocycles. The molecule has 1 heterocycles. The van der Waals surface area contributed by atoms with E-state index in [0.29, 0.717) is 18.7 Å². The van der Waals surface area contributed by atoms with Crippen LogP contribution in [0.5, 0.6) is 5.75 Å². The number of benzene rings is 2. The molecule has 7 heteroatoms. The van der Waals surface area contributed by atoms with Crippen LogP contribution in [-0.2, 0) is 4.79 Å². The summed E-state index contributed by atoms with van der Waals surface area (Å²) in [6.45, 7) is 0.575. The van der Waals surface area contributed by atoms with E-state index in [1.165, 1.54) is 12.1 Å². The van der Waals surface area contributed by atoms with Crippen LogP contribution < -0.4 is 9.64 Å². The Bertz CT molecular complexity index is 773. The molecule has 2 atom stereocenters. The van der Waals surface area contributed by atoms with Gasteiger partial charge in [-0.25, -0.2) is 4.79 Å². The summed E-state index contributed by atoms with van der Waals surface area (Å²) >= 11 is 0. The first-order valence-electron chi connectivity index (χ1n) is 7.89. The number of hydrogen-bond acceptors (Lipinski definition) is 5. The topological polar surface area (TPSA) is 92.9 Å². The van der Waals surface area contributed by atoms with Crippen LogP contribution in [0.25, 0.3) is 0 Å². The summed E-state index contributed by atoms with van der Waals surface area (Å²) in [6, 6.07) is 12.7. The summed E-state index contributed by atoms with van der Waals surface area (Å²) in [5.74, 6) is -0.337. The average Bonchev–Trinajstić information content (AvgIpc) is 3.07. The minimum absolute atomic E-state index is 0.0125. The van der Waals surface area contributed by atoms with Gasteiger partial charge in [-0.05, 0) is 36.2 Å². The Labute approximate surface area is 144 Å². The molecule has 2 aromatic rings. The Hall–Kier alpha value is -3.09. The number of hydrogen-bond donors (Lipinski definition) is 1. The standard InChI is InChI=1S/C18H18N2O5/c1-25-15-8-2-12(3-9-15)16-10-11-19(17(16)18(21)22)13-4-6-14(7-5-13)20(23)24/h2-9,16-17H,10-11H2,1H3,(H,21,22)/t16-,17-/m1/s1.